The molecule has 1 N–H and O–H groups in total. The summed E-state index contributed by atoms with van der Waals surface area (Å²) in [4.78, 5) is 23.8. The van der Waals surface area contributed by atoms with Crippen molar-refractivity contribution in [3.8, 4) is 0 Å². The van der Waals surface area contributed by atoms with Gasteiger partial charge in [-0.05, 0) is 38.0 Å². The van der Waals surface area contributed by atoms with E-state index >= 15 is 0 Å². The van der Waals surface area contributed by atoms with E-state index in [-0.39, 0.29) is 36.7 Å². The highest BCUT2D eigenvalue weighted by Gasteiger charge is 2.45. The molecule has 0 bridgehead atoms. The average Bonchev–Trinajstić information content (AvgIpc) is 2.84. The Kier molecular flexibility index (Phi) is 5.93. The van der Waals surface area contributed by atoms with Gasteiger partial charge in [-0.2, -0.15) is 0 Å². The Morgan fingerprint density at radius 1 is 1.33 bits per heavy atom. The van der Waals surface area contributed by atoms with E-state index in [2.05, 4.69) is 5.32 Å². The zero-order valence-electron chi connectivity index (χ0n) is 13.3. The number of carbonyl (C=O) groups is 2. The first-order valence-corrected chi connectivity index (χ1v) is 8.36. The summed E-state index contributed by atoms with van der Waals surface area (Å²) in [6.07, 6.45) is 2.66. The number of alkyl halides is 2. The number of allylic oxidation sites excluding steroid dienone is 4. The third-order valence-electron chi connectivity index (χ3n) is 3.60. The van der Waals surface area contributed by atoms with E-state index in [9.17, 15) is 14.0 Å². The van der Waals surface area contributed by atoms with Crippen LogP contribution in [0.1, 0.15) is 26.7 Å². The Morgan fingerprint density at radius 3 is 2.62 bits per heavy atom. The number of hydrogen-bond acceptors (Lipinski definition) is 5. The van der Waals surface area contributed by atoms with Crippen LogP contribution in [0.5, 0.6) is 0 Å². The molecule has 0 amide bonds. The Balaban J connectivity index is 2.36. The normalized spacial score (nSPS) is 25.5. The third-order valence-corrected chi connectivity index (χ3v) is 4.12. The highest BCUT2D eigenvalue weighted by Crippen LogP contribution is 2.45. The van der Waals surface area contributed by atoms with E-state index < -0.39 is 23.1 Å². The van der Waals surface area contributed by atoms with Crippen molar-refractivity contribution in [3.05, 3.63) is 34.0 Å². The second-order valence-corrected chi connectivity index (χ2v) is 6.23. The van der Waals surface area contributed by atoms with Gasteiger partial charge in [-0.3, -0.25) is 4.79 Å². The molecule has 0 fully saturated rings. The van der Waals surface area contributed by atoms with Crippen molar-refractivity contribution in [2.24, 2.45) is 0 Å². The van der Waals surface area contributed by atoms with Crippen molar-refractivity contribution in [1.82, 2.24) is 5.32 Å². The summed E-state index contributed by atoms with van der Waals surface area (Å²) < 4.78 is 24.7. The second-order valence-electron chi connectivity index (χ2n) is 5.24. The first-order valence-electron chi connectivity index (χ1n) is 7.60. The molecule has 0 saturated heterocycles. The smallest absolute Gasteiger partial charge is 0.332 e. The summed E-state index contributed by atoms with van der Waals surface area (Å²) in [7, 11) is 0. The largest absolute Gasteiger partial charge is 0.466 e. The Morgan fingerprint density at radius 2 is 2.00 bits per heavy atom. The Bertz CT molecular complexity index is 640. The van der Waals surface area contributed by atoms with Crippen molar-refractivity contribution >= 4 is 35.1 Å². The fourth-order valence-electron chi connectivity index (χ4n) is 2.73. The zero-order chi connectivity index (χ0) is 17.9. The van der Waals surface area contributed by atoms with Crippen LogP contribution in [0.3, 0.4) is 0 Å². The van der Waals surface area contributed by atoms with Gasteiger partial charge in [0.2, 0.25) is 5.13 Å². The van der Waals surface area contributed by atoms with Crippen molar-refractivity contribution in [2.75, 3.05) is 13.2 Å². The van der Waals surface area contributed by atoms with E-state index in [4.69, 9.17) is 32.7 Å². The molecule has 1 heterocycles. The predicted molar refractivity (Wildman–Crippen MR) is 88.2 cm³/mol. The topological polar surface area (TPSA) is 64.6 Å². The quantitative estimate of drug-likeness (QED) is 0.569. The minimum atomic E-state index is -2.36. The number of fused-ring (bicyclic) bond motifs is 1. The van der Waals surface area contributed by atoms with Gasteiger partial charge < -0.3 is 14.8 Å². The number of rotatable bonds is 6. The van der Waals surface area contributed by atoms with Gasteiger partial charge in [0.15, 0.2) is 0 Å². The number of ether oxygens (including phenoxy) is 2. The van der Waals surface area contributed by atoms with E-state index in [0.717, 1.165) is 6.08 Å². The van der Waals surface area contributed by atoms with Crippen molar-refractivity contribution in [3.63, 3.8) is 0 Å². The van der Waals surface area contributed by atoms with E-state index in [1.807, 2.05) is 0 Å². The standard InChI is InChI=1S/C16H18Cl2FNO4/c1-3-23-12(21)6-5-10-13-11(7-9(17)8-16(13,18)19)20-14(10)15(22)24-4-2/h7-8,14,20H,3-6H2,1-2H3. The molecule has 1 aliphatic carbocycles. The van der Waals surface area contributed by atoms with Crippen LogP contribution in [0, 0.1) is 0 Å². The number of carbonyl (C=O) groups excluding carboxylic acids is 2. The molecule has 24 heavy (non-hydrogen) atoms. The summed E-state index contributed by atoms with van der Waals surface area (Å²) in [5.41, 5.74) is 0.790. The number of nitrogens with one attached hydrogen (secondary N) is 1. The first-order chi connectivity index (χ1) is 11.3. The van der Waals surface area contributed by atoms with Crippen LogP contribution in [0.4, 0.5) is 4.39 Å². The van der Waals surface area contributed by atoms with E-state index in [1.54, 1.807) is 13.8 Å². The highest BCUT2D eigenvalue weighted by atomic mass is 35.5. The number of hydrogen-bond donors (Lipinski definition) is 1. The molecule has 2 aliphatic rings. The van der Waals surface area contributed by atoms with Crippen LogP contribution in [0.15, 0.2) is 34.0 Å². The molecule has 0 saturated carbocycles. The maximum absolute atomic E-state index is 14.8. The van der Waals surface area contributed by atoms with Gasteiger partial charge in [0.05, 0.1) is 13.2 Å². The summed E-state index contributed by atoms with van der Waals surface area (Å²) in [5.74, 6) is -1.00. The molecular formula is C16H18Cl2FNO4. The maximum atomic E-state index is 14.8. The summed E-state index contributed by atoms with van der Waals surface area (Å²) in [6, 6.07) is -0.912. The molecular weight excluding hydrogens is 360 g/mol. The predicted octanol–water partition coefficient (Wildman–Crippen LogP) is 3.09. The molecule has 0 aromatic heterocycles. The van der Waals surface area contributed by atoms with Gasteiger partial charge in [0.25, 0.3) is 0 Å². The number of halogens is 3. The molecule has 0 aromatic rings. The van der Waals surface area contributed by atoms with Gasteiger partial charge in [-0.15, -0.1) is 0 Å². The molecule has 132 valence electrons. The van der Waals surface area contributed by atoms with Crippen LogP contribution in [0.25, 0.3) is 0 Å². The number of esters is 2. The Hall–Kier alpha value is -1.53. The zero-order valence-corrected chi connectivity index (χ0v) is 14.8. The molecule has 0 radical (unpaired) electrons. The fourth-order valence-corrected chi connectivity index (χ4v) is 3.39. The Labute approximate surface area is 149 Å². The first kappa shape index (κ1) is 18.8. The van der Waals surface area contributed by atoms with Crippen molar-refractivity contribution in [2.45, 2.75) is 37.9 Å². The molecule has 2 rings (SSSR count). The molecule has 0 aromatic carbocycles. The second kappa shape index (κ2) is 7.57. The van der Waals surface area contributed by atoms with Gasteiger partial charge in [0.1, 0.15) is 6.04 Å². The van der Waals surface area contributed by atoms with Crippen LogP contribution in [-0.2, 0) is 19.1 Å². The van der Waals surface area contributed by atoms with Crippen molar-refractivity contribution in [1.29, 1.82) is 0 Å². The molecule has 8 heteroatoms. The van der Waals surface area contributed by atoms with Gasteiger partial charge >= 0.3 is 11.9 Å². The fraction of sp³-hybridized carbons (Fsp3) is 0.500. The van der Waals surface area contributed by atoms with Crippen LogP contribution < -0.4 is 5.32 Å². The van der Waals surface area contributed by atoms with Gasteiger partial charge in [-0.25, -0.2) is 9.18 Å². The summed E-state index contributed by atoms with van der Waals surface area (Å²) in [5, 5.41) is 0.637. The van der Waals surface area contributed by atoms with E-state index in [1.165, 1.54) is 6.08 Å². The monoisotopic (exact) mass is 377 g/mol. The van der Waals surface area contributed by atoms with Gasteiger partial charge in [-0.1, -0.05) is 23.2 Å². The molecule has 2 atom stereocenters. The molecule has 0 spiro atoms. The summed E-state index contributed by atoms with van der Waals surface area (Å²) >= 11 is 11.8. The lowest BCUT2D eigenvalue weighted by atomic mass is 9.93. The highest BCUT2D eigenvalue weighted by molar-refractivity contribution is 6.34. The van der Waals surface area contributed by atoms with Gasteiger partial charge in [0, 0.05) is 22.7 Å². The average molecular weight is 378 g/mol. The van der Waals surface area contributed by atoms with E-state index in [0.29, 0.717) is 11.3 Å². The summed E-state index contributed by atoms with van der Waals surface area (Å²) in [6.45, 7) is 3.79. The lowest BCUT2D eigenvalue weighted by molar-refractivity contribution is -0.145. The minimum absolute atomic E-state index is 0.00194. The van der Waals surface area contributed by atoms with Crippen LogP contribution in [-0.4, -0.2) is 36.3 Å². The third kappa shape index (κ3) is 3.92. The molecule has 5 nitrogen and oxygen atoms in total. The maximum Gasteiger partial charge on any atom is 0.332 e. The van der Waals surface area contributed by atoms with Crippen LogP contribution >= 0.6 is 23.2 Å². The lowest BCUT2D eigenvalue weighted by Gasteiger charge is -2.22. The lowest BCUT2D eigenvalue weighted by Crippen LogP contribution is -2.35. The van der Waals surface area contributed by atoms with Crippen molar-refractivity contribution < 1.29 is 23.5 Å². The molecule has 2 unspecified atom stereocenters. The minimum Gasteiger partial charge on any atom is -0.466 e. The van der Waals surface area contributed by atoms with Crippen LogP contribution in [0.2, 0.25) is 0 Å². The SMILES string of the molecule is CCOC(=O)CCC1=C2C(=CC(Cl)=CC2(F)Cl)NC1C(=O)OCC. The molecule has 1 aliphatic heterocycles.